The number of amides is 2. The molecule has 0 bridgehead atoms. The van der Waals surface area contributed by atoms with Gasteiger partial charge in [0.25, 0.3) is 0 Å². The third-order valence-corrected chi connectivity index (χ3v) is 6.44. The molecule has 0 unspecified atom stereocenters. The maximum atomic E-state index is 12.8. The Morgan fingerprint density at radius 3 is 2.23 bits per heavy atom. The molecule has 114 valence electrons. The molecule has 0 N–H and O–H groups in total. The Hall–Kier alpha value is -2.01. The van der Waals surface area contributed by atoms with Crippen LogP contribution in [0.25, 0.3) is 0 Å². The van der Waals surface area contributed by atoms with Crippen molar-refractivity contribution in [3.05, 3.63) is 41.6 Å². The number of nitrogens with zero attached hydrogens (tertiary/aromatic N) is 1. The summed E-state index contributed by atoms with van der Waals surface area (Å²) in [6.45, 7) is 6.27. The van der Waals surface area contributed by atoms with Crippen LogP contribution in [0.3, 0.4) is 0 Å². The monoisotopic (exact) mass is 313 g/mol. The number of rotatable bonds is 2. The molecular weight excluding hydrogens is 294 g/mol. The van der Waals surface area contributed by atoms with Gasteiger partial charge in [-0.1, -0.05) is 43.9 Å². The number of Topliss-reactive ketones (excluding diaryl/α,β-unsaturated/α-hetero) is 1. The lowest BCUT2D eigenvalue weighted by Gasteiger charge is -2.27. The van der Waals surface area contributed by atoms with Gasteiger partial charge in [0.15, 0.2) is 5.78 Å². The standard InChI is InChI=1S/C17H19NO3Si/c1-22(2,3)13-10-9-12-14(15(13)19)17(21)18(16(12)20)11-7-5-4-6-8-11/h4-8,10,12,14H,9H2,1-3H3/t12-,14+/m0/s1. The number of benzene rings is 1. The summed E-state index contributed by atoms with van der Waals surface area (Å²) in [7, 11) is -1.80. The molecule has 1 saturated heterocycles. The zero-order chi connectivity index (χ0) is 16.1. The van der Waals surface area contributed by atoms with Gasteiger partial charge in [0, 0.05) is 0 Å². The Kier molecular flexibility index (Phi) is 3.40. The number of allylic oxidation sites excluding steroid dienone is 2. The molecule has 2 aliphatic rings. The summed E-state index contributed by atoms with van der Waals surface area (Å²) in [4.78, 5) is 39.2. The summed E-state index contributed by atoms with van der Waals surface area (Å²) < 4.78 is 0. The Morgan fingerprint density at radius 1 is 1.00 bits per heavy atom. The number of imide groups is 1. The van der Waals surface area contributed by atoms with Crippen molar-refractivity contribution in [2.75, 3.05) is 4.90 Å². The van der Waals surface area contributed by atoms with Gasteiger partial charge >= 0.3 is 0 Å². The van der Waals surface area contributed by atoms with Crippen molar-refractivity contribution in [3.8, 4) is 0 Å². The minimum Gasteiger partial charge on any atom is -0.294 e. The molecule has 1 aromatic rings. The molecule has 0 radical (unpaired) electrons. The molecule has 1 aliphatic carbocycles. The van der Waals surface area contributed by atoms with E-state index in [1.54, 1.807) is 24.3 Å². The summed E-state index contributed by atoms with van der Waals surface area (Å²) >= 11 is 0. The van der Waals surface area contributed by atoms with Crippen molar-refractivity contribution in [2.24, 2.45) is 11.8 Å². The van der Waals surface area contributed by atoms with E-state index < -0.39 is 19.9 Å². The lowest BCUT2D eigenvalue weighted by molar-refractivity contribution is -0.130. The Balaban J connectivity index is 1.99. The molecule has 1 aliphatic heterocycles. The van der Waals surface area contributed by atoms with Crippen LogP contribution in [0.5, 0.6) is 0 Å². The van der Waals surface area contributed by atoms with E-state index in [2.05, 4.69) is 19.6 Å². The first-order valence-electron chi connectivity index (χ1n) is 7.50. The topological polar surface area (TPSA) is 54.5 Å². The minimum atomic E-state index is -1.80. The maximum absolute atomic E-state index is 12.8. The fraction of sp³-hybridized carbons (Fsp3) is 0.353. The first kappa shape index (κ1) is 14.9. The molecule has 2 atom stereocenters. The number of carbonyl (C=O) groups is 3. The van der Waals surface area contributed by atoms with Gasteiger partial charge in [0.05, 0.1) is 19.7 Å². The molecule has 2 amide bonds. The maximum Gasteiger partial charge on any atom is 0.245 e. The van der Waals surface area contributed by atoms with E-state index in [-0.39, 0.29) is 17.6 Å². The number of para-hydroxylation sites is 1. The van der Waals surface area contributed by atoms with E-state index in [1.807, 2.05) is 12.1 Å². The molecule has 0 saturated carbocycles. The predicted octanol–water partition coefficient (Wildman–Crippen LogP) is 2.57. The van der Waals surface area contributed by atoms with Crippen LogP contribution in [0.2, 0.25) is 19.6 Å². The van der Waals surface area contributed by atoms with Gasteiger partial charge in [0.2, 0.25) is 11.8 Å². The quantitative estimate of drug-likeness (QED) is 0.479. The largest absolute Gasteiger partial charge is 0.294 e. The van der Waals surface area contributed by atoms with Crippen molar-refractivity contribution < 1.29 is 14.4 Å². The number of anilines is 1. The van der Waals surface area contributed by atoms with E-state index in [4.69, 9.17) is 0 Å². The normalized spacial score (nSPS) is 25.3. The first-order valence-corrected chi connectivity index (χ1v) is 11.0. The van der Waals surface area contributed by atoms with Crippen molar-refractivity contribution >= 4 is 31.4 Å². The lowest BCUT2D eigenvalue weighted by atomic mass is 9.84. The highest BCUT2D eigenvalue weighted by molar-refractivity contribution is 6.87. The number of hydrogen-bond acceptors (Lipinski definition) is 3. The summed E-state index contributed by atoms with van der Waals surface area (Å²) in [5.74, 6) is -2.09. The van der Waals surface area contributed by atoms with Crippen LogP contribution < -0.4 is 4.90 Å². The second kappa shape index (κ2) is 5.02. The van der Waals surface area contributed by atoms with Gasteiger partial charge in [0.1, 0.15) is 5.92 Å². The van der Waals surface area contributed by atoms with E-state index in [9.17, 15) is 14.4 Å². The van der Waals surface area contributed by atoms with Crippen LogP contribution in [0.4, 0.5) is 5.69 Å². The average Bonchev–Trinajstić information content (AvgIpc) is 2.71. The average molecular weight is 313 g/mol. The zero-order valence-corrected chi connectivity index (χ0v) is 14.0. The van der Waals surface area contributed by atoms with Crippen molar-refractivity contribution in [2.45, 2.75) is 26.1 Å². The molecule has 1 heterocycles. The lowest BCUT2D eigenvalue weighted by Crippen LogP contribution is -2.40. The third-order valence-electron chi connectivity index (χ3n) is 4.37. The van der Waals surface area contributed by atoms with E-state index >= 15 is 0 Å². The molecule has 3 rings (SSSR count). The Morgan fingerprint density at radius 2 is 1.64 bits per heavy atom. The van der Waals surface area contributed by atoms with Gasteiger partial charge < -0.3 is 0 Å². The van der Waals surface area contributed by atoms with Crippen molar-refractivity contribution in [1.29, 1.82) is 0 Å². The molecule has 22 heavy (non-hydrogen) atoms. The van der Waals surface area contributed by atoms with E-state index in [0.29, 0.717) is 12.1 Å². The summed E-state index contributed by atoms with van der Waals surface area (Å²) in [5, 5.41) is 0.796. The van der Waals surface area contributed by atoms with E-state index in [1.165, 1.54) is 4.90 Å². The SMILES string of the molecule is C[Si](C)(C)C1=CC[C@@H]2C(=O)N(c3ccccc3)C(=O)[C@H]2C1=O. The van der Waals surface area contributed by atoms with Gasteiger partial charge in [-0.15, -0.1) is 0 Å². The summed E-state index contributed by atoms with van der Waals surface area (Å²) in [5.41, 5.74) is 0.550. The summed E-state index contributed by atoms with van der Waals surface area (Å²) in [6, 6.07) is 8.85. The number of carbonyl (C=O) groups excluding carboxylic acids is 3. The van der Waals surface area contributed by atoms with Crippen LogP contribution in [0, 0.1) is 11.8 Å². The second-order valence-corrected chi connectivity index (χ2v) is 11.9. The van der Waals surface area contributed by atoms with Gasteiger partial charge in [-0.25, -0.2) is 4.90 Å². The third kappa shape index (κ3) is 2.16. The number of fused-ring (bicyclic) bond motifs is 1. The van der Waals surface area contributed by atoms with Gasteiger partial charge in [-0.3, -0.25) is 14.4 Å². The van der Waals surface area contributed by atoms with E-state index in [0.717, 1.165) is 5.20 Å². The van der Waals surface area contributed by atoms with Gasteiger partial charge in [-0.2, -0.15) is 0 Å². The molecule has 4 nitrogen and oxygen atoms in total. The molecule has 0 aromatic heterocycles. The Labute approximate surface area is 130 Å². The smallest absolute Gasteiger partial charge is 0.245 e. The van der Waals surface area contributed by atoms with Crippen molar-refractivity contribution in [3.63, 3.8) is 0 Å². The van der Waals surface area contributed by atoms with Crippen LogP contribution in [-0.4, -0.2) is 25.7 Å². The molecule has 1 fully saturated rings. The van der Waals surface area contributed by atoms with Crippen LogP contribution in [0.15, 0.2) is 41.6 Å². The highest BCUT2D eigenvalue weighted by Gasteiger charge is 2.54. The second-order valence-electron chi connectivity index (χ2n) is 6.90. The van der Waals surface area contributed by atoms with Crippen LogP contribution in [-0.2, 0) is 14.4 Å². The van der Waals surface area contributed by atoms with Gasteiger partial charge in [-0.05, 0) is 23.7 Å². The highest BCUT2D eigenvalue weighted by Crippen LogP contribution is 2.39. The molecular formula is C17H19NO3Si. The minimum absolute atomic E-state index is 0.132. The Bertz CT molecular complexity index is 688. The number of hydrogen-bond donors (Lipinski definition) is 0. The number of ketones is 1. The molecule has 5 heteroatoms. The van der Waals surface area contributed by atoms with Crippen LogP contribution >= 0.6 is 0 Å². The van der Waals surface area contributed by atoms with Crippen LogP contribution in [0.1, 0.15) is 6.42 Å². The molecule has 0 spiro atoms. The zero-order valence-electron chi connectivity index (χ0n) is 13.0. The predicted molar refractivity (Wildman–Crippen MR) is 87.0 cm³/mol. The summed E-state index contributed by atoms with van der Waals surface area (Å²) in [6.07, 6.45) is 2.39. The first-order chi connectivity index (χ1) is 10.3. The fourth-order valence-corrected chi connectivity index (χ4v) is 4.91. The van der Waals surface area contributed by atoms with Crippen molar-refractivity contribution in [1.82, 2.24) is 0 Å². The fourth-order valence-electron chi connectivity index (χ4n) is 3.28. The highest BCUT2D eigenvalue weighted by atomic mass is 28.3. The molecule has 1 aromatic carbocycles.